The smallest absolute Gasteiger partial charge is 0.287 e. The Hall–Kier alpha value is -3.41. The quantitative estimate of drug-likeness (QED) is 0.602. The summed E-state index contributed by atoms with van der Waals surface area (Å²) in [6.45, 7) is 0. The monoisotopic (exact) mass is 346 g/mol. The Labute approximate surface area is 150 Å². The van der Waals surface area contributed by atoms with E-state index in [-0.39, 0.29) is 17.7 Å². The van der Waals surface area contributed by atoms with E-state index in [0.717, 1.165) is 22.3 Å². The van der Waals surface area contributed by atoms with E-state index in [1.807, 2.05) is 49.5 Å². The van der Waals surface area contributed by atoms with Crippen molar-refractivity contribution in [1.82, 2.24) is 20.1 Å². The van der Waals surface area contributed by atoms with Gasteiger partial charge in [0.1, 0.15) is 0 Å². The molecule has 130 valence electrons. The van der Waals surface area contributed by atoms with Crippen molar-refractivity contribution in [1.29, 1.82) is 0 Å². The van der Waals surface area contributed by atoms with Crippen LogP contribution in [0.4, 0.5) is 0 Å². The maximum atomic E-state index is 12.6. The van der Waals surface area contributed by atoms with E-state index in [1.54, 1.807) is 23.0 Å². The molecule has 0 aliphatic heterocycles. The molecule has 6 heteroatoms. The number of hydrogen-bond acceptors (Lipinski definition) is 4. The van der Waals surface area contributed by atoms with Crippen molar-refractivity contribution in [2.45, 2.75) is 12.5 Å². The molecule has 3 heterocycles. The minimum Gasteiger partial charge on any atom is -0.459 e. The topological polar surface area (TPSA) is 73.0 Å². The first-order valence-corrected chi connectivity index (χ1v) is 8.38. The molecule has 1 aromatic carbocycles. The van der Waals surface area contributed by atoms with Gasteiger partial charge in [-0.3, -0.25) is 9.48 Å². The molecule has 4 rings (SSSR count). The van der Waals surface area contributed by atoms with Crippen LogP contribution in [0.15, 0.2) is 71.5 Å². The lowest BCUT2D eigenvalue weighted by molar-refractivity contribution is 0.0907. The second kappa shape index (κ2) is 6.84. The number of fused-ring (bicyclic) bond motifs is 1. The molecule has 0 aliphatic rings. The fourth-order valence-electron chi connectivity index (χ4n) is 3.08. The number of rotatable bonds is 5. The molecule has 0 saturated heterocycles. The molecule has 0 spiro atoms. The Morgan fingerprint density at radius 2 is 2.00 bits per heavy atom. The van der Waals surface area contributed by atoms with Crippen LogP contribution in [-0.4, -0.2) is 20.7 Å². The highest BCUT2D eigenvalue weighted by Crippen LogP contribution is 2.25. The van der Waals surface area contributed by atoms with E-state index in [0.29, 0.717) is 6.42 Å². The lowest BCUT2D eigenvalue weighted by Crippen LogP contribution is -2.30. The zero-order valence-corrected chi connectivity index (χ0v) is 14.3. The number of hydrogen-bond donors (Lipinski definition) is 1. The predicted octanol–water partition coefficient (Wildman–Crippen LogP) is 3.28. The molecule has 26 heavy (non-hydrogen) atoms. The zero-order chi connectivity index (χ0) is 17.9. The summed E-state index contributed by atoms with van der Waals surface area (Å²) in [7, 11) is 1.85. The van der Waals surface area contributed by atoms with Gasteiger partial charge in [-0.15, -0.1) is 0 Å². The molecule has 4 aromatic rings. The third kappa shape index (κ3) is 3.09. The Morgan fingerprint density at radius 3 is 2.77 bits per heavy atom. The largest absolute Gasteiger partial charge is 0.459 e. The lowest BCUT2D eigenvalue weighted by atomic mass is 10.0. The van der Waals surface area contributed by atoms with Crippen LogP contribution in [0.3, 0.4) is 0 Å². The molecule has 3 aromatic heterocycles. The summed E-state index contributed by atoms with van der Waals surface area (Å²) in [6.07, 6.45) is 3.84. The minimum atomic E-state index is -0.303. The molecule has 0 fully saturated rings. The summed E-state index contributed by atoms with van der Waals surface area (Å²) in [5, 5.41) is 8.61. The number of carbonyl (C=O) groups excluding carboxylic acids is 1. The Morgan fingerprint density at radius 1 is 1.15 bits per heavy atom. The van der Waals surface area contributed by atoms with Gasteiger partial charge >= 0.3 is 0 Å². The van der Waals surface area contributed by atoms with Gasteiger partial charge in [-0.05, 0) is 36.2 Å². The maximum Gasteiger partial charge on any atom is 0.287 e. The number of nitrogens with zero attached hydrogens (tertiary/aromatic N) is 3. The van der Waals surface area contributed by atoms with Gasteiger partial charge in [0.15, 0.2) is 11.4 Å². The van der Waals surface area contributed by atoms with E-state index in [1.165, 1.54) is 6.26 Å². The fourth-order valence-corrected chi connectivity index (χ4v) is 3.08. The second-order valence-electron chi connectivity index (χ2n) is 6.08. The number of furan rings is 1. The summed E-state index contributed by atoms with van der Waals surface area (Å²) < 4.78 is 6.96. The van der Waals surface area contributed by atoms with Crippen LogP contribution in [0.1, 0.15) is 27.9 Å². The molecule has 0 radical (unpaired) electrons. The zero-order valence-electron chi connectivity index (χ0n) is 14.3. The summed E-state index contributed by atoms with van der Waals surface area (Å²) in [6, 6.07) is 16.9. The average Bonchev–Trinajstić information content (AvgIpc) is 3.31. The van der Waals surface area contributed by atoms with E-state index in [9.17, 15) is 4.79 Å². The van der Waals surface area contributed by atoms with Crippen LogP contribution in [0.2, 0.25) is 0 Å². The first-order chi connectivity index (χ1) is 12.7. The number of aromatic nitrogens is 3. The number of aryl methyl sites for hydroxylation is 1. The number of pyridine rings is 1. The van der Waals surface area contributed by atoms with E-state index < -0.39 is 0 Å². The van der Waals surface area contributed by atoms with Crippen LogP contribution >= 0.6 is 0 Å². The number of nitrogens with one attached hydrogen (secondary N) is 1. The normalized spacial score (nSPS) is 12.2. The van der Waals surface area contributed by atoms with E-state index in [2.05, 4.69) is 15.4 Å². The summed E-state index contributed by atoms with van der Waals surface area (Å²) in [5.74, 6) is 0.0139. The standard InChI is InChI=1S/C20H18N4O2/c1-24-19-15(9-5-11-21-19)18(23-24)16(13-14-7-3-2-4-8-14)22-20(25)17-10-6-12-26-17/h2-12,16H,13H2,1H3,(H,22,25). The van der Waals surface area contributed by atoms with Crippen LogP contribution in [0, 0.1) is 0 Å². The molecular weight excluding hydrogens is 328 g/mol. The van der Waals surface area contributed by atoms with Crippen LogP contribution < -0.4 is 5.32 Å². The van der Waals surface area contributed by atoms with Crippen molar-refractivity contribution in [2.75, 3.05) is 0 Å². The molecule has 0 saturated carbocycles. The van der Waals surface area contributed by atoms with Gasteiger partial charge in [0, 0.05) is 18.6 Å². The Balaban J connectivity index is 1.73. The lowest BCUT2D eigenvalue weighted by Gasteiger charge is -2.17. The van der Waals surface area contributed by atoms with Crippen molar-refractivity contribution in [2.24, 2.45) is 7.05 Å². The highest BCUT2D eigenvalue weighted by Gasteiger charge is 2.23. The Bertz CT molecular complexity index is 1020. The van der Waals surface area contributed by atoms with Crippen molar-refractivity contribution in [3.63, 3.8) is 0 Å². The first kappa shape index (κ1) is 16.1. The van der Waals surface area contributed by atoms with Crippen LogP contribution in [0.25, 0.3) is 11.0 Å². The molecular formula is C20H18N4O2. The third-order valence-corrected chi connectivity index (χ3v) is 4.29. The molecule has 1 N–H and O–H groups in total. The van der Waals surface area contributed by atoms with Crippen molar-refractivity contribution in [3.8, 4) is 0 Å². The maximum absolute atomic E-state index is 12.6. The molecule has 1 atom stereocenters. The molecule has 6 nitrogen and oxygen atoms in total. The number of benzene rings is 1. The van der Waals surface area contributed by atoms with Gasteiger partial charge in [0.05, 0.1) is 18.0 Å². The van der Waals surface area contributed by atoms with Gasteiger partial charge in [-0.2, -0.15) is 5.10 Å². The van der Waals surface area contributed by atoms with E-state index in [4.69, 9.17) is 4.42 Å². The summed E-state index contributed by atoms with van der Waals surface area (Å²) in [4.78, 5) is 17.0. The fraction of sp³-hybridized carbons (Fsp3) is 0.150. The first-order valence-electron chi connectivity index (χ1n) is 8.38. The predicted molar refractivity (Wildman–Crippen MR) is 97.6 cm³/mol. The summed E-state index contributed by atoms with van der Waals surface area (Å²) >= 11 is 0. The molecule has 0 aliphatic carbocycles. The number of carbonyl (C=O) groups is 1. The van der Waals surface area contributed by atoms with Crippen molar-refractivity contribution >= 4 is 16.9 Å². The van der Waals surface area contributed by atoms with Crippen molar-refractivity contribution in [3.05, 3.63) is 84.1 Å². The van der Waals surface area contributed by atoms with Gasteiger partial charge in [-0.25, -0.2) is 4.98 Å². The van der Waals surface area contributed by atoms with Crippen molar-refractivity contribution < 1.29 is 9.21 Å². The molecule has 0 bridgehead atoms. The molecule has 1 unspecified atom stereocenters. The van der Waals surface area contributed by atoms with Crippen LogP contribution in [0.5, 0.6) is 0 Å². The third-order valence-electron chi connectivity index (χ3n) is 4.29. The Kier molecular flexibility index (Phi) is 4.23. The average molecular weight is 346 g/mol. The van der Waals surface area contributed by atoms with Gasteiger partial charge in [0.2, 0.25) is 0 Å². The van der Waals surface area contributed by atoms with Gasteiger partial charge in [-0.1, -0.05) is 30.3 Å². The van der Waals surface area contributed by atoms with Gasteiger partial charge in [0.25, 0.3) is 5.91 Å². The highest BCUT2D eigenvalue weighted by atomic mass is 16.3. The SMILES string of the molecule is Cn1nc(C(Cc2ccccc2)NC(=O)c2ccco2)c2cccnc21. The summed E-state index contributed by atoms with van der Waals surface area (Å²) in [5.41, 5.74) is 2.69. The highest BCUT2D eigenvalue weighted by molar-refractivity contribution is 5.92. The second-order valence-corrected chi connectivity index (χ2v) is 6.08. The van der Waals surface area contributed by atoms with Gasteiger partial charge < -0.3 is 9.73 Å². The molecule has 1 amide bonds. The number of amides is 1. The van der Waals surface area contributed by atoms with E-state index >= 15 is 0 Å². The van der Waals surface area contributed by atoms with Crippen LogP contribution in [-0.2, 0) is 13.5 Å². The minimum absolute atomic E-state index is 0.265.